The van der Waals surface area contributed by atoms with Crippen LogP contribution in [0.5, 0.6) is 0 Å². The molecule has 0 spiro atoms. The molecule has 1 atom stereocenters. The van der Waals surface area contributed by atoms with Gasteiger partial charge < -0.3 is 5.32 Å². The van der Waals surface area contributed by atoms with Crippen molar-refractivity contribution in [2.45, 2.75) is 47.0 Å². The molecule has 0 fully saturated rings. The molecule has 0 aliphatic heterocycles. The van der Waals surface area contributed by atoms with Crippen LogP contribution in [0.1, 0.15) is 46.1 Å². The molecule has 1 nitrogen and oxygen atoms in total. The van der Waals surface area contributed by atoms with Crippen molar-refractivity contribution in [2.24, 2.45) is 11.3 Å². The van der Waals surface area contributed by atoms with E-state index in [0.717, 1.165) is 25.9 Å². The van der Waals surface area contributed by atoms with Crippen LogP contribution in [0.4, 0.5) is 8.78 Å². The summed E-state index contributed by atoms with van der Waals surface area (Å²) in [4.78, 5) is 0. The van der Waals surface area contributed by atoms with Gasteiger partial charge in [-0.2, -0.15) is 0 Å². The number of nitrogens with one attached hydrogen (secondary N) is 1. The van der Waals surface area contributed by atoms with Crippen LogP contribution >= 0.6 is 0 Å². The van der Waals surface area contributed by atoms with Gasteiger partial charge in [0.1, 0.15) is 0 Å². The fourth-order valence-electron chi connectivity index (χ4n) is 2.65. The van der Waals surface area contributed by atoms with E-state index in [0.29, 0.717) is 17.9 Å². The maximum Gasteiger partial charge on any atom is 0.162 e. The highest BCUT2D eigenvalue weighted by Gasteiger charge is 2.25. The first-order valence-electron chi connectivity index (χ1n) is 7.51. The molecule has 1 rings (SSSR count). The Kier molecular flexibility index (Phi) is 6.60. The van der Waals surface area contributed by atoms with Gasteiger partial charge in [-0.05, 0) is 42.3 Å². The minimum Gasteiger partial charge on any atom is -0.316 e. The molecule has 0 aliphatic carbocycles. The highest BCUT2D eigenvalue weighted by molar-refractivity contribution is 5.20. The fourth-order valence-corrected chi connectivity index (χ4v) is 2.65. The summed E-state index contributed by atoms with van der Waals surface area (Å²) < 4.78 is 27.1. The van der Waals surface area contributed by atoms with E-state index in [1.807, 2.05) is 0 Å². The standard InChI is InChI=1S/C17H27F2N/c1-5-9-17(4,12-20-11-13(2)3)10-14-7-6-8-15(18)16(14)19/h6-8,13,20H,5,9-12H2,1-4H3. The molecule has 0 bridgehead atoms. The van der Waals surface area contributed by atoms with Crippen LogP contribution in [0.2, 0.25) is 0 Å². The van der Waals surface area contributed by atoms with E-state index in [2.05, 4.69) is 33.0 Å². The molecule has 3 heteroatoms. The molecule has 1 unspecified atom stereocenters. The molecule has 0 heterocycles. The van der Waals surface area contributed by atoms with E-state index in [9.17, 15) is 8.78 Å². The van der Waals surface area contributed by atoms with Crippen molar-refractivity contribution in [1.29, 1.82) is 0 Å². The summed E-state index contributed by atoms with van der Waals surface area (Å²) in [5, 5.41) is 3.45. The lowest BCUT2D eigenvalue weighted by Crippen LogP contribution is -2.35. The average Bonchev–Trinajstić information content (AvgIpc) is 2.35. The molecule has 0 aliphatic rings. The predicted octanol–water partition coefficient (Wildman–Crippen LogP) is 4.56. The quantitative estimate of drug-likeness (QED) is 0.737. The van der Waals surface area contributed by atoms with Crippen LogP contribution in [0.15, 0.2) is 18.2 Å². The third-order valence-corrected chi connectivity index (χ3v) is 3.61. The lowest BCUT2D eigenvalue weighted by atomic mass is 9.79. The van der Waals surface area contributed by atoms with Crippen LogP contribution in [0, 0.1) is 23.0 Å². The lowest BCUT2D eigenvalue weighted by molar-refractivity contribution is 0.267. The molecular weight excluding hydrogens is 256 g/mol. The first-order chi connectivity index (χ1) is 9.38. The summed E-state index contributed by atoms with van der Waals surface area (Å²) in [7, 11) is 0. The Morgan fingerprint density at radius 3 is 2.55 bits per heavy atom. The second-order valence-electron chi connectivity index (χ2n) is 6.48. The zero-order valence-electron chi connectivity index (χ0n) is 13.1. The number of benzene rings is 1. The normalized spacial score (nSPS) is 14.6. The lowest BCUT2D eigenvalue weighted by Gasteiger charge is -2.30. The Morgan fingerprint density at radius 2 is 1.95 bits per heavy atom. The van der Waals surface area contributed by atoms with Crippen molar-refractivity contribution in [2.75, 3.05) is 13.1 Å². The van der Waals surface area contributed by atoms with Crippen molar-refractivity contribution in [3.05, 3.63) is 35.4 Å². The second kappa shape index (κ2) is 7.72. The van der Waals surface area contributed by atoms with Gasteiger partial charge in [0.25, 0.3) is 0 Å². The molecule has 1 aromatic rings. The minimum absolute atomic E-state index is 0.0434. The third-order valence-electron chi connectivity index (χ3n) is 3.61. The van der Waals surface area contributed by atoms with Crippen molar-refractivity contribution in [1.82, 2.24) is 5.32 Å². The van der Waals surface area contributed by atoms with Crippen molar-refractivity contribution < 1.29 is 8.78 Å². The van der Waals surface area contributed by atoms with Crippen LogP contribution in [-0.4, -0.2) is 13.1 Å². The minimum atomic E-state index is -0.753. The molecule has 0 radical (unpaired) electrons. The fraction of sp³-hybridized carbons (Fsp3) is 0.647. The van der Waals surface area contributed by atoms with Crippen LogP contribution in [-0.2, 0) is 6.42 Å². The SMILES string of the molecule is CCCC(C)(CNCC(C)C)Cc1cccc(F)c1F. The molecule has 0 amide bonds. The van der Waals surface area contributed by atoms with E-state index in [1.165, 1.54) is 6.07 Å². The van der Waals surface area contributed by atoms with Gasteiger partial charge in [0.2, 0.25) is 0 Å². The summed E-state index contributed by atoms with van der Waals surface area (Å²) >= 11 is 0. The monoisotopic (exact) mass is 283 g/mol. The molecule has 0 aromatic heterocycles. The molecular formula is C17H27F2N. The molecule has 1 N–H and O–H groups in total. The second-order valence-corrected chi connectivity index (χ2v) is 6.48. The molecule has 20 heavy (non-hydrogen) atoms. The largest absolute Gasteiger partial charge is 0.316 e. The van der Waals surface area contributed by atoms with E-state index < -0.39 is 11.6 Å². The Morgan fingerprint density at radius 1 is 1.25 bits per heavy atom. The smallest absolute Gasteiger partial charge is 0.162 e. The number of rotatable bonds is 8. The molecule has 0 saturated heterocycles. The van der Waals surface area contributed by atoms with Crippen LogP contribution < -0.4 is 5.32 Å². The topological polar surface area (TPSA) is 12.0 Å². The van der Waals surface area contributed by atoms with Crippen molar-refractivity contribution in [3.8, 4) is 0 Å². The Labute approximate surface area is 121 Å². The van der Waals surface area contributed by atoms with Gasteiger partial charge in [0.15, 0.2) is 11.6 Å². The Balaban J connectivity index is 2.76. The zero-order valence-corrected chi connectivity index (χ0v) is 13.1. The van der Waals surface area contributed by atoms with Crippen molar-refractivity contribution in [3.63, 3.8) is 0 Å². The third kappa shape index (κ3) is 5.20. The van der Waals surface area contributed by atoms with E-state index in [-0.39, 0.29) is 5.41 Å². The summed E-state index contributed by atoms with van der Waals surface area (Å²) in [6.45, 7) is 10.4. The van der Waals surface area contributed by atoms with Crippen molar-refractivity contribution >= 4 is 0 Å². The van der Waals surface area contributed by atoms with Gasteiger partial charge in [-0.15, -0.1) is 0 Å². The number of hydrogen-bond donors (Lipinski definition) is 1. The predicted molar refractivity (Wildman–Crippen MR) is 80.8 cm³/mol. The van der Waals surface area contributed by atoms with Crippen LogP contribution in [0.25, 0.3) is 0 Å². The first kappa shape index (κ1) is 17.1. The number of hydrogen-bond acceptors (Lipinski definition) is 1. The molecule has 1 aromatic carbocycles. The van der Waals surface area contributed by atoms with E-state index >= 15 is 0 Å². The number of halogens is 2. The van der Waals surface area contributed by atoms with Gasteiger partial charge in [0.05, 0.1) is 0 Å². The van der Waals surface area contributed by atoms with Gasteiger partial charge in [-0.1, -0.05) is 46.2 Å². The zero-order chi connectivity index (χ0) is 15.2. The Bertz CT molecular complexity index is 417. The average molecular weight is 283 g/mol. The summed E-state index contributed by atoms with van der Waals surface area (Å²) in [5.74, 6) is -0.859. The molecule has 0 saturated carbocycles. The van der Waals surface area contributed by atoms with Gasteiger partial charge >= 0.3 is 0 Å². The summed E-state index contributed by atoms with van der Waals surface area (Å²) in [6.07, 6.45) is 2.60. The van der Waals surface area contributed by atoms with Gasteiger partial charge in [-0.25, -0.2) is 8.78 Å². The van der Waals surface area contributed by atoms with E-state index in [4.69, 9.17) is 0 Å². The van der Waals surface area contributed by atoms with Crippen LogP contribution in [0.3, 0.4) is 0 Å². The van der Waals surface area contributed by atoms with Gasteiger partial charge in [0, 0.05) is 6.54 Å². The summed E-state index contributed by atoms with van der Waals surface area (Å²) in [6, 6.07) is 4.45. The highest BCUT2D eigenvalue weighted by Crippen LogP contribution is 2.29. The highest BCUT2D eigenvalue weighted by atomic mass is 19.2. The maximum absolute atomic E-state index is 13.8. The first-order valence-corrected chi connectivity index (χ1v) is 7.51. The molecule has 114 valence electrons. The maximum atomic E-state index is 13.8. The Hall–Kier alpha value is -0.960. The van der Waals surface area contributed by atoms with E-state index in [1.54, 1.807) is 12.1 Å². The van der Waals surface area contributed by atoms with Gasteiger partial charge in [-0.3, -0.25) is 0 Å². The summed E-state index contributed by atoms with van der Waals surface area (Å²) in [5.41, 5.74) is 0.436.